The standard InChI is InChI=1S/C14H17N3O/c1-17-9-15-12-8-11(6-7-13(12)17)16-14(18)10-4-2-3-5-10/h6-10H,2-5H2,1H3,(H,16,18). The summed E-state index contributed by atoms with van der Waals surface area (Å²) in [5.41, 5.74) is 2.84. The fourth-order valence-electron chi connectivity index (χ4n) is 2.65. The molecule has 3 rings (SSSR count). The van der Waals surface area contributed by atoms with Gasteiger partial charge < -0.3 is 9.88 Å². The Bertz CT molecular complexity index is 582. The Morgan fingerprint density at radius 2 is 2.17 bits per heavy atom. The molecule has 0 bridgehead atoms. The van der Waals surface area contributed by atoms with E-state index in [1.807, 2.05) is 29.8 Å². The molecule has 1 amide bonds. The predicted octanol–water partition coefficient (Wildman–Crippen LogP) is 2.70. The van der Waals surface area contributed by atoms with Gasteiger partial charge in [0.1, 0.15) is 0 Å². The van der Waals surface area contributed by atoms with Crippen LogP contribution >= 0.6 is 0 Å². The Hall–Kier alpha value is -1.84. The number of nitrogens with one attached hydrogen (secondary N) is 1. The van der Waals surface area contributed by atoms with Crippen LogP contribution in [0.3, 0.4) is 0 Å². The summed E-state index contributed by atoms with van der Waals surface area (Å²) in [5.74, 6) is 0.354. The first-order valence-corrected chi connectivity index (χ1v) is 6.46. The summed E-state index contributed by atoms with van der Waals surface area (Å²) >= 11 is 0. The van der Waals surface area contributed by atoms with Crippen molar-refractivity contribution >= 4 is 22.6 Å². The number of carbonyl (C=O) groups is 1. The van der Waals surface area contributed by atoms with E-state index in [1.165, 1.54) is 12.8 Å². The number of nitrogens with zero attached hydrogens (tertiary/aromatic N) is 2. The minimum absolute atomic E-state index is 0.155. The minimum atomic E-state index is 0.155. The number of aromatic nitrogens is 2. The first-order chi connectivity index (χ1) is 8.74. The molecule has 1 heterocycles. The van der Waals surface area contributed by atoms with E-state index in [-0.39, 0.29) is 11.8 Å². The predicted molar refractivity (Wildman–Crippen MR) is 71.3 cm³/mol. The molecule has 2 aromatic rings. The maximum absolute atomic E-state index is 12.0. The van der Waals surface area contributed by atoms with Gasteiger partial charge in [-0.3, -0.25) is 4.79 Å². The highest BCUT2D eigenvalue weighted by Gasteiger charge is 2.22. The second-order valence-electron chi connectivity index (χ2n) is 5.03. The number of carbonyl (C=O) groups excluding carboxylic acids is 1. The van der Waals surface area contributed by atoms with Crippen LogP contribution in [0, 0.1) is 5.92 Å². The van der Waals surface area contributed by atoms with Gasteiger partial charge in [-0.25, -0.2) is 4.98 Å². The van der Waals surface area contributed by atoms with E-state index in [0.717, 1.165) is 29.6 Å². The molecule has 0 unspecified atom stereocenters. The zero-order valence-electron chi connectivity index (χ0n) is 10.5. The van der Waals surface area contributed by atoms with Crippen molar-refractivity contribution in [3.8, 4) is 0 Å². The van der Waals surface area contributed by atoms with Crippen LogP contribution in [0.15, 0.2) is 24.5 Å². The summed E-state index contributed by atoms with van der Waals surface area (Å²) in [6.07, 6.45) is 6.19. The highest BCUT2D eigenvalue weighted by Crippen LogP contribution is 2.26. The molecule has 1 aliphatic rings. The van der Waals surface area contributed by atoms with E-state index >= 15 is 0 Å². The van der Waals surface area contributed by atoms with Crippen molar-refractivity contribution < 1.29 is 4.79 Å². The van der Waals surface area contributed by atoms with Crippen LogP contribution in [0.4, 0.5) is 5.69 Å². The maximum Gasteiger partial charge on any atom is 0.227 e. The Morgan fingerprint density at radius 1 is 1.39 bits per heavy atom. The van der Waals surface area contributed by atoms with Crippen molar-refractivity contribution in [1.29, 1.82) is 0 Å². The van der Waals surface area contributed by atoms with Gasteiger partial charge >= 0.3 is 0 Å². The number of rotatable bonds is 2. The number of anilines is 1. The van der Waals surface area contributed by atoms with Crippen LogP contribution in [-0.2, 0) is 11.8 Å². The lowest BCUT2D eigenvalue weighted by atomic mass is 10.1. The molecule has 4 nitrogen and oxygen atoms in total. The normalized spacial score (nSPS) is 16.3. The molecular formula is C14H17N3O. The van der Waals surface area contributed by atoms with Gasteiger partial charge in [-0.2, -0.15) is 0 Å². The molecular weight excluding hydrogens is 226 g/mol. The average Bonchev–Trinajstić information content (AvgIpc) is 2.99. The van der Waals surface area contributed by atoms with Gasteiger partial charge in [0.25, 0.3) is 0 Å². The molecule has 1 N–H and O–H groups in total. The summed E-state index contributed by atoms with van der Waals surface area (Å²) in [7, 11) is 1.96. The van der Waals surface area contributed by atoms with E-state index in [9.17, 15) is 4.79 Å². The van der Waals surface area contributed by atoms with E-state index in [4.69, 9.17) is 0 Å². The number of hydrogen-bond donors (Lipinski definition) is 1. The number of fused-ring (bicyclic) bond motifs is 1. The van der Waals surface area contributed by atoms with E-state index in [0.29, 0.717) is 0 Å². The number of amides is 1. The highest BCUT2D eigenvalue weighted by atomic mass is 16.1. The summed E-state index contributed by atoms with van der Waals surface area (Å²) in [6, 6.07) is 5.87. The molecule has 1 aromatic heterocycles. The van der Waals surface area contributed by atoms with Gasteiger partial charge in [-0.15, -0.1) is 0 Å². The van der Waals surface area contributed by atoms with Gasteiger partial charge in [0.05, 0.1) is 17.4 Å². The number of hydrogen-bond acceptors (Lipinski definition) is 2. The fourth-order valence-corrected chi connectivity index (χ4v) is 2.65. The van der Waals surface area contributed by atoms with Crippen LogP contribution < -0.4 is 5.32 Å². The zero-order chi connectivity index (χ0) is 12.5. The van der Waals surface area contributed by atoms with Crippen molar-refractivity contribution in [2.75, 3.05) is 5.32 Å². The molecule has 0 atom stereocenters. The Labute approximate surface area is 106 Å². The Morgan fingerprint density at radius 3 is 2.94 bits per heavy atom. The van der Waals surface area contributed by atoms with Crippen LogP contribution in [0.5, 0.6) is 0 Å². The van der Waals surface area contributed by atoms with Gasteiger partial charge in [-0.05, 0) is 31.0 Å². The lowest BCUT2D eigenvalue weighted by Crippen LogP contribution is -2.20. The van der Waals surface area contributed by atoms with E-state index in [1.54, 1.807) is 6.33 Å². The number of benzene rings is 1. The molecule has 4 heteroatoms. The van der Waals surface area contributed by atoms with Crippen molar-refractivity contribution in [3.63, 3.8) is 0 Å². The van der Waals surface area contributed by atoms with Gasteiger partial charge in [0.15, 0.2) is 0 Å². The second kappa shape index (κ2) is 4.44. The first-order valence-electron chi connectivity index (χ1n) is 6.46. The van der Waals surface area contributed by atoms with Crippen LogP contribution in [0.25, 0.3) is 11.0 Å². The van der Waals surface area contributed by atoms with Crippen molar-refractivity contribution in [1.82, 2.24) is 9.55 Å². The molecule has 94 valence electrons. The van der Waals surface area contributed by atoms with Crippen molar-refractivity contribution in [3.05, 3.63) is 24.5 Å². The Balaban J connectivity index is 1.79. The first kappa shape index (κ1) is 11.3. The minimum Gasteiger partial charge on any atom is -0.334 e. The SMILES string of the molecule is Cn1cnc2cc(NC(=O)C3CCCC3)ccc21. The summed E-state index contributed by atoms with van der Waals surface area (Å²) in [6.45, 7) is 0. The van der Waals surface area contributed by atoms with Crippen molar-refractivity contribution in [2.45, 2.75) is 25.7 Å². The van der Waals surface area contributed by atoms with Crippen LogP contribution in [0.1, 0.15) is 25.7 Å². The maximum atomic E-state index is 12.0. The highest BCUT2D eigenvalue weighted by molar-refractivity contribution is 5.94. The smallest absolute Gasteiger partial charge is 0.227 e. The lowest BCUT2D eigenvalue weighted by Gasteiger charge is -2.10. The average molecular weight is 243 g/mol. The lowest BCUT2D eigenvalue weighted by molar-refractivity contribution is -0.119. The molecule has 0 aliphatic heterocycles. The third kappa shape index (κ3) is 1.98. The Kier molecular flexibility index (Phi) is 2.78. The molecule has 1 saturated carbocycles. The summed E-state index contributed by atoms with van der Waals surface area (Å²) < 4.78 is 1.97. The van der Waals surface area contributed by atoms with E-state index < -0.39 is 0 Å². The third-order valence-electron chi connectivity index (χ3n) is 3.72. The fraction of sp³-hybridized carbons (Fsp3) is 0.429. The van der Waals surface area contributed by atoms with Gasteiger partial charge in [0, 0.05) is 18.7 Å². The van der Waals surface area contributed by atoms with Gasteiger partial charge in [-0.1, -0.05) is 12.8 Å². The second-order valence-corrected chi connectivity index (χ2v) is 5.03. The number of imidazole rings is 1. The third-order valence-corrected chi connectivity index (χ3v) is 3.72. The van der Waals surface area contributed by atoms with Crippen LogP contribution in [0.2, 0.25) is 0 Å². The zero-order valence-corrected chi connectivity index (χ0v) is 10.5. The number of aryl methyl sites for hydroxylation is 1. The quantitative estimate of drug-likeness (QED) is 0.881. The van der Waals surface area contributed by atoms with Gasteiger partial charge in [0.2, 0.25) is 5.91 Å². The molecule has 18 heavy (non-hydrogen) atoms. The van der Waals surface area contributed by atoms with E-state index in [2.05, 4.69) is 10.3 Å². The summed E-state index contributed by atoms with van der Waals surface area (Å²) in [4.78, 5) is 16.3. The molecule has 0 spiro atoms. The molecule has 0 radical (unpaired) electrons. The topological polar surface area (TPSA) is 46.9 Å². The van der Waals surface area contributed by atoms with Crippen molar-refractivity contribution in [2.24, 2.45) is 13.0 Å². The molecule has 1 fully saturated rings. The largest absolute Gasteiger partial charge is 0.334 e. The molecule has 1 aromatic carbocycles. The molecule has 0 saturated heterocycles. The monoisotopic (exact) mass is 243 g/mol. The van der Waals surface area contributed by atoms with Crippen LogP contribution in [-0.4, -0.2) is 15.5 Å². The summed E-state index contributed by atoms with van der Waals surface area (Å²) in [5, 5.41) is 3.00. The molecule has 1 aliphatic carbocycles.